The van der Waals surface area contributed by atoms with Crippen LogP contribution in [-0.4, -0.2) is 23.9 Å². The van der Waals surface area contributed by atoms with E-state index in [9.17, 15) is 14.7 Å². The number of hydrogen-bond acceptors (Lipinski definition) is 5. The molecule has 1 amide bonds. The van der Waals surface area contributed by atoms with Crippen molar-refractivity contribution in [3.63, 3.8) is 0 Å². The lowest BCUT2D eigenvalue weighted by Crippen LogP contribution is -2.31. The van der Waals surface area contributed by atoms with E-state index in [1.54, 1.807) is 50.2 Å². The van der Waals surface area contributed by atoms with Crippen molar-refractivity contribution in [2.75, 3.05) is 12.0 Å². The van der Waals surface area contributed by atoms with Crippen molar-refractivity contribution in [3.8, 4) is 5.75 Å². The van der Waals surface area contributed by atoms with Crippen LogP contribution in [0.4, 0.5) is 5.69 Å². The molecule has 1 N–H and O–H groups in total. The van der Waals surface area contributed by atoms with Crippen LogP contribution >= 0.6 is 0 Å². The van der Waals surface area contributed by atoms with Gasteiger partial charge in [-0.2, -0.15) is 0 Å². The lowest BCUT2D eigenvalue weighted by molar-refractivity contribution is -0.119. The van der Waals surface area contributed by atoms with E-state index in [0.717, 1.165) is 0 Å². The molecule has 6 heteroatoms. The number of nitrogens with zero attached hydrogens (tertiary/aromatic N) is 1. The number of rotatable bonds is 5. The Morgan fingerprint density at radius 1 is 1.28 bits per heavy atom. The topological polar surface area (TPSA) is 80.0 Å². The van der Waals surface area contributed by atoms with Crippen molar-refractivity contribution in [2.24, 2.45) is 5.92 Å². The van der Waals surface area contributed by atoms with Gasteiger partial charge in [-0.15, -0.1) is 0 Å². The van der Waals surface area contributed by atoms with E-state index in [1.165, 1.54) is 18.3 Å². The highest BCUT2D eigenvalue weighted by molar-refractivity contribution is 6.16. The molecule has 130 valence electrons. The Kier molecular flexibility index (Phi) is 4.35. The quantitative estimate of drug-likeness (QED) is 0.901. The Bertz CT molecular complexity index is 835. The summed E-state index contributed by atoms with van der Waals surface area (Å²) in [6.45, 7) is 3.45. The maximum absolute atomic E-state index is 12.7. The lowest BCUT2D eigenvalue weighted by atomic mass is 9.94. The van der Waals surface area contributed by atoms with Gasteiger partial charge in [0.1, 0.15) is 17.6 Å². The van der Waals surface area contributed by atoms with E-state index in [0.29, 0.717) is 17.2 Å². The smallest absolute Gasteiger partial charge is 0.294 e. The summed E-state index contributed by atoms with van der Waals surface area (Å²) in [5.74, 6) is -0.872. The number of ether oxygens (including phenoxy) is 1. The number of furan rings is 1. The molecule has 6 nitrogen and oxygen atoms in total. The Labute approximate surface area is 145 Å². The van der Waals surface area contributed by atoms with E-state index >= 15 is 0 Å². The molecule has 2 aromatic rings. The number of ketones is 1. The van der Waals surface area contributed by atoms with Crippen LogP contribution in [0, 0.1) is 5.92 Å². The van der Waals surface area contributed by atoms with Crippen molar-refractivity contribution in [2.45, 2.75) is 19.9 Å². The van der Waals surface area contributed by atoms with Gasteiger partial charge in [0.05, 0.1) is 18.9 Å². The molecule has 1 aliphatic heterocycles. The number of anilines is 1. The minimum atomic E-state index is -0.815. The Balaban J connectivity index is 2.15. The van der Waals surface area contributed by atoms with Gasteiger partial charge in [0.2, 0.25) is 0 Å². The molecule has 0 saturated heterocycles. The summed E-state index contributed by atoms with van der Waals surface area (Å²) in [6, 6.07) is 9.41. The highest BCUT2D eigenvalue weighted by atomic mass is 16.5. The minimum Gasteiger partial charge on any atom is -0.503 e. The fourth-order valence-electron chi connectivity index (χ4n) is 2.91. The molecule has 1 atom stereocenters. The van der Waals surface area contributed by atoms with Crippen LogP contribution < -0.4 is 9.64 Å². The predicted octanol–water partition coefficient (Wildman–Crippen LogP) is 3.41. The number of aliphatic hydroxyl groups is 1. The van der Waals surface area contributed by atoms with Crippen LogP contribution in [0.5, 0.6) is 5.75 Å². The first-order valence-electron chi connectivity index (χ1n) is 7.94. The predicted molar refractivity (Wildman–Crippen MR) is 91.4 cm³/mol. The molecule has 0 radical (unpaired) electrons. The van der Waals surface area contributed by atoms with E-state index in [4.69, 9.17) is 9.15 Å². The second-order valence-corrected chi connectivity index (χ2v) is 6.08. The lowest BCUT2D eigenvalue weighted by Gasteiger charge is -2.25. The van der Waals surface area contributed by atoms with Gasteiger partial charge in [-0.05, 0) is 24.3 Å². The maximum Gasteiger partial charge on any atom is 0.294 e. The van der Waals surface area contributed by atoms with Crippen LogP contribution in [0.15, 0.2) is 58.4 Å². The molecule has 0 spiro atoms. The van der Waals surface area contributed by atoms with Gasteiger partial charge in [-0.3, -0.25) is 14.5 Å². The molecule has 3 rings (SSSR count). The molecule has 0 bridgehead atoms. The number of amides is 1. The van der Waals surface area contributed by atoms with Gasteiger partial charge in [-0.1, -0.05) is 19.9 Å². The van der Waals surface area contributed by atoms with Gasteiger partial charge >= 0.3 is 0 Å². The van der Waals surface area contributed by atoms with E-state index < -0.39 is 17.7 Å². The minimum absolute atomic E-state index is 0.0535. The van der Waals surface area contributed by atoms with Crippen LogP contribution in [0.2, 0.25) is 0 Å². The van der Waals surface area contributed by atoms with Gasteiger partial charge < -0.3 is 14.3 Å². The average Bonchev–Trinajstić information content (AvgIpc) is 3.22. The summed E-state index contributed by atoms with van der Waals surface area (Å²) in [7, 11) is 1.53. The fourth-order valence-corrected chi connectivity index (χ4v) is 2.91. The van der Waals surface area contributed by atoms with Crippen molar-refractivity contribution < 1.29 is 23.8 Å². The Morgan fingerprint density at radius 2 is 2.04 bits per heavy atom. The number of aliphatic hydroxyl groups excluding tert-OH is 1. The van der Waals surface area contributed by atoms with Crippen molar-refractivity contribution in [3.05, 3.63) is 59.8 Å². The zero-order chi connectivity index (χ0) is 18.1. The number of Topliss-reactive ketones (excluding diaryl/α,β-unsaturated/α-hetero) is 1. The molecule has 0 saturated carbocycles. The number of carbonyl (C=O) groups is 2. The van der Waals surface area contributed by atoms with Crippen LogP contribution in [0.25, 0.3) is 0 Å². The fraction of sp³-hybridized carbons (Fsp3) is 0.263. The summed E-state index contributed by atoms with van der Waals surface area (Å²) in [5, 5.41) is 10.4. The first kappa shape index (κ1) is 16.8. The normalized spacial score (nSPS) is 17.5. The number of hydrogen-bond donors (Lipinski definition) is 1. The average molecular weight is 341 g/mol. The molecule has 1 unspecified atom stereocenters. The van der Waals surface area contributed by atoms with Crippen molar-refractivity contribution >= 4 is 17.4 Å². The molecular weight excluding hydrogens is 322 g/mol. The number of benzene rings is 1. The first-order chi connectivity index (χ1) is 12.0. The Hall–Kier alpha value is -3.02. The molecule has 0 fully saturated rings. The van der Waals surface area contributed by atoms with E-state index in [2.05, 4.69) is 0 Å². The maximum atomic E-state index is 12.7. The summed E-state index contributed by atoms with van der Waals surface area (Å²) < 4.78 is 10.7. The SMILES string of the molecule is COc1cccc(N2C(=O)C(O)=C(C(=O)C(C)C)C2c2ccco2)c1. The molecule has 1 aromatic heterocycles. The van der Waals surface area contributed by atoms with Crippen LogP contribution in [-0.2, 0) is 9.59 Å². The van der Waals surface area contributed by atoms with Crippen molar-refractivity contribution in [1.82, 2.24) is 0 Å². The molecule has 0 aliphatic carbocycles. The summed E-state index contributed by atoms with van der Waals surface area (Å²) in [4.78, 5) is 26.7. The zero-order valence-corrected chi connectivity index (χ0v) is 14.2. The third-order valence-corrected chi connectivity index (χ3v) is 4.14. The summed E-state index contributed by atoms with van der Waals surface area (Å²) in [5.41, 5.74) is 0.557. The van der Waals surface area contributed by atoms with E-state index in [1.807, 2.05) is 0 Å². The number of methoxy groups -OCH3 is 1. The summed E-state index contributed by atoms with van der Waals surface area (Å²) in [6.07, 6.45) is 1.47. The standard InChI is InChI=1S/C19H19NO5/c1-11(2)17(21)15-16(14-8-5-9-25-14)20(19(23)18(15)22)12-6-4-7-13(10-12)24-3/h4-11,16,22H,1-3H3. The van der Waals surface area contributed by atoms with E-state index in [-0.39, 0.29) is 17.3 Å². The highest BCUT2D eigenvalue weighted by Gasteiger charge is 2.46. The second kappa shape index (κ2) is 6.47. The number of carbonyl (C=O) groups excluding carboxylic acids is 2. The molecule has 2 heterocycles. The Morgan fingerprint density at radius 3 is 2.64 bits per heavy atom. The van der Waals surface area contributed by atoms with Crippen LogP contribution in [0.3, 0.4) is 0 Å². The van der Waals surface area contributed by atoms with Crippen LogP contribution in [0.1, 0.15) is 25.6 Å². The summed E-state index contributed by atoms with van der Waals surface area (Å²) >= 11 is 0. The third-order valence-electron chi connectivity index (χ3n) is 4.14. The third kappa shape index (κ3) is 2.80. The first-order valence-corrected chi connectivity index (χ1v) is 7.94. The highest BCUT2D eigenvalue weighted by Crippen LogP contribution is 2.42. The molecule has 1 aliphatic rings. The molecule has 1 aromatic carbocycles. The second-order valence-electron chi connectivity index (χ2n) is 6.08. The van der Waals surface area contributed by atoms with Crippen molar-refractivity contribution in [1.29, 1.82) is 0 Å². The van der Waals surface area contributed by atoms with Gasteiger partial charge in [0.15, 0.2) is 11.5 Å². The zero-order valence-electron chi connectivity index (χ0n) is 14.2. The van der Waals surface area contributed by atoms with Gasteiger partial charge in [-0.25, -0.2) is 0 Å². The largest absolute Gasteiger partial charge is 0.503 e. The molecular formula is C19H19NO5. The van der Waals surface area contributed by atoms with Gasteiger partial charge in [0, 0.05) is 17.7 Å². The van der Waals surface area contributed by atoms with Gasteiger partial charge in [0.25, 0.3) is 5.91 Å². The monoisotopic (exact) mass is 341 g/mol. The molecule has 25 heavy (non-hydrogen) atoms.